The molecule has 40 heavy (non-hydrogen) atoms. The molecule has 4 aliphatic heterocycles. The Morgan fingerprint density at radius 1 is 1.10 bits per heavy atom. The van der Waals surface area contributed by atoms with E-state index in [2.05, 4.69) is 44.3 Å². The van der Waals surface area contributed by atoms with Crippen molar-refractivity contribution < 1.29 is 18.0 Å². The first-order valence-corrected chi connectivity index (χ1v) is 15.3. The Bertz CT molecular complexity index is 1480. The fraction of sp³-hybridized carbons (Fsp3) is 0.464. The summed E-state index contributed by atoms with van der Waals surface area (Å²) in [6.45, 7) is 2.61. The molecule has 5 aliphatic rings. The minimum atomic E-state index is -4.63. The van der Waals surface area contributed by atoms with Gasteiger partial charge in [-0.2, -0.15) is 13.2 Å². The zero-order valence-electron chi connectivity index (χ0n) is 22.2. The van der Waals surface area contributed by atoms with Crippen LogP contribution in [0.3, 0.4) is 0 Å². The van der Waals surface area contributed by atoms with Gasteiger partial charge in [0.25, 0.3) is 5.91 Å². The van der Waals surface area contributed by atoms with Gasteiger partial charge in [-0.05, 0) is 62.1 Å². The quantitative estimate of drug-likeness (QED) is 0.399. The number of likely N-dealkylation sites (N-methyl/N-ethyl adjacent to an activating group) is 1. The Labute approximate surface area is 238 Å². The fourth-order valence-corrected chi connectivity index (χ4v) is 8.31. The number of piperidine rings is 1. The Balaban J connectivity index is 1.21. The van der Waals surface area contributed by atoms with Crippen LogP contribution >= 0.6 is 23.1 Å². The summed E-state index contributed by atoms with van der Waals surface area (Å²) in [4.78, 5) is 29.2. The molecule has 1 saturated carbocycles. The molecular weight excluding hydrogens is 557 g/mol. The molecular formula is C28H29F3N6OS2. The number of halogens is 3. The minimum absolute atomic E-state index is 0.109. The summed E-state index contributed by atoms with van der Waals surface area (Å²) in [5, 5.41) is 3.23. The van der Waals surface area contributed by atoms with Gasteiger partial charge in [0.1, 0.15) is 10.4 Å². The standard InChI is InChI=1S/C28H29F3N6OS2/c1-35-7-8-39-23-11-22(40-25(23)26(35)38)24-20(28(29,30)31)12-32-27(34-24)33-21-6-5-16(10-19(21)15-3-4-15)37-13-17-9-18(14-37)36(17)2/h5-6,10-12,15,17-18H,3-4,7-9,13-14H2,1-2H3,(H,32,33,34). The zero-order valence-corrected chi connectivity index (χ0v) is 23.8. The van der Waals surface area contributed by atoms with Crippen LogP contribution in [-0.2, 0) is 6.18 Å². The van der Waals surface area contributed by atoms with Gasteiger partial charge in [-0.1, -0.05) is 0 Å². The number of rotatable bonds is 5. The molecule has 2 atom stereocenters. The fourth-order valence-electron chi connectivity index (χ4n) is 5.87. The average Bonchev–Trinajstić information content (AvgIpc) is 3.72. The van der Waals surface area contributed by atoms with Gasteiger partial charge < -0.3 is 15.1 Å². The molecule has 1 N–H and O–H groups in total. The molecule has 0 radical (unpaired) electrons. The summed E-state index contributed by atoms with van der Waals surface area (Å²) in [5.41, 5.74) is 2.05. The summed E-state index contributed by atoms with van der Waals surface area (Å²) in [6.07, 6.45) is -0.351. The number of anilines is 3. The highest BCUT2D eigenvalue weighted by molar-refractivity contribution is 7.99. The molecule has 2 aromatic heterocycles. The summed E-state index contributed by atoms with van der Waals surface area (Å²) in [6, 6.07) is 9.17. The molecule has 1 aliphatic carbocycles. The molecule has 7 nitrogen and oxygen atoms in total. The van der Waals surface area contributed by atoms with Crippen molar-refractivity contribution in [3.8, 4) is 10.6 Å². The molecule has 2 bridgehead atoms. The molecule has 12 heteroatoms. The number of nitrogens with zero attached hydrogens (tertiary/aromatic N) is 5. The third-order valence-electron chi connectivity index (χ3n) is 8.47. The Hall–Kier alpha value is -2.83. The molecule has 6 heterocycles. The predicted octanol–water partition coefficient (Wildman–Crippen LogP) is 5.92. The van der Waals surface area contributed by atoms with Crippen LogP contribution in [0.2, 0.25) is 0 Å². The molecule has 2 unspecified atom stereocenters. The number of hydrogen-bond donors (Lipinski definition) is 1. The number of amides is 1. The van der Waals surface area contributed by atoms with Crippen LogP contribution in [0.1, 0.15) is 46.0 Å². The first kappa shape index (κ1) is 26.1. The van der Waals surface area contributed by atoms with E-state index < -0.39 is 11.7 Å². The Morgan fingerprint density at radius 3 is 2.58 bits per heavy atom. The minimum Gasteiger partial charge on any atom is -0.368 e. The van der Waals surface area contributed by atoms with Crippen LogP contribution in [-0.4, -0.2) is 77.2 Å². The number of aromatic nitrogens is 2. The van der Waals surface area contributed by atoms with Gasteiger partial charge in [0.05, 0.1) is 10.6 Å². The van der Waals surface area contributed by atoms with Crippen molar-refractivity contribution in [2.24, 2.45) is 0 Å². The second kappa shape index (κ2) is 9.63. The van der Waals surface area contributed by atoms with Crippen molar-refractivity contribution in [3.05, 3.63) is 46.5 Å². The van der Waals surface area contributed by atoms with Crippen molar-refractivity contribution in [2.45, 2.75) is 48.3 Å². The molecule has 0 spiro atoms. The zero-order chi connectivity index (χ0) is 27.8. The second-order valence-electron chi connectivity index (χ2n) is 11.1. The first-order chi connectivity index (χ1) is 19.2. The van der Waals surface area contributed by atoms with E-state index in [9.17, 15) is 18.0 Å². The van der Waals surface area contributed by atoms with Crippen LogP contribution in [0.5, 0.6) is 0 Å². The topological polar surface area (TPSA) is 64.6 Å². The molecule has 3 saturated heterocycles. The van der Waals surface area contributed by atoms with E-state index in [-0.39, 0.29) is 17.5 Å². The highest BCUT2D eigenvalue weighted by Gasteiger charge is 2.42. The van der Waals surface area contributed by atoms with Crippen LogP contribution < -0.4 is 10.2 Å². The lowest BCUT2D eigenvalue weighted by atomic mass is 9.88. The van der Waals surface area contributed by atoms with Crippen molar-refractivity contribution in [3.63, 3.8) is 0 Å². The van der Waals surface area contributed by atoms with Gasteiger partial charge in [0.15, 0.2) is 0 Å². The van der Waals surface area contributed by atoms with E-state index in [1.807, 2.05) is 6.07 Å². The van der Waals surface area contributed by atoms with Crippen LogP contribution in [0, 0.1) is 0 Å². The highest BCUT2D eigenvalue weighted by atomic mass is 32.2. The van der Waals surface area contributed by atoms with Crippen molar-refractivity contribution >= 4 is 46.3 Å². The van der Waals surface area contributed by atoms with E-state index in [4.69, 9.17) is 0 Å². The summed E-state index contributed by atoms with van der Waals surface area (Å²) >= 11 is 2.54. The maximum Gasteiger partial charge on any atom is 0.420 e. The van der Waals surface area contributed by atoms with E-state index >= 15 is 0 Å². The maximum absolute atomic E-state index is 14.1. The number of thioether (sulfide) groups is 1. The van der Waals surface area contributed by atoms with E-state index in [1.165, 1.54) is 23.9 Å². The number of hydrogen-bond acceptors (Lipinski definition) is 8. The smallest absolute Gasteiger partial charge is 0.368 e. The molecule has 210 valence electrons. The van der Waals surface area contributed by atoms with E-state index in [0.29, 0.717) is 44.9 Å². The van der Waals surface area contributed by atoms with Crippen molar-refractivity contribution in [1.29, 1.82) is 0 Å². The number of benzene rings is 1. The Kier molecular flexibility index (Phi) is 6.28. The van der Waals surface area contributed by atoms with Crippen molar-refractivity contribution in [1.82, 2.24) is 19.8 Å². The lowest BCUT2D eigenvalue weighted by Gasteiger charge is -2.55. The van der Waals surface area contributed by atoms with Crippen molar-refractivity contribution in [2.75, 3.05) is 49.7 Å². The third kappa shape index (κ3) is 4.63. The average molecular weight is 587 g/mol. The van der Waals surface area contributed by atoms with Gasteiger partial charge in [-0.15, -0.1) is 23.1 Å². The maximum atomic E-state index is 14.1. The van der Waals surface area contributed by atoms with Gasteiger partial charge in [-0.3, -0.25) is 9.69 Å². The normalized spacial score (nSPS) is 23.1. The number of piperazine rings is 1. The predicted molar refractivity (Wildman–Crippen MR) is 152 cm³/mol. The SMILES string of the molecule is CN1CCSc2cc(-c3nc(Nc4ccc(N5CC6CC(C5)N6C)cc4C4CC4)ncc3C(F)(F)F)sc2C1=O. The number of carbonyl (C=O) groups excluding carboxylic acids is 1. The number of carbonyl (C=O) groups is 1. The van der Waals surface area contributed by atoms with Crippen LogP contribution in [0.15, 0.2) is 35.4 Å². The number of alkyl halides is 3. The number of fused-ring (bicyclic) bond motifs is 3. The summed E-state index contributed by atoms with van der Waals surface area (Å²) in [5.74, 6) is 1.04. The highest BCUT2D eigenvalue weighted by Crippen LogP contribution is 2.47. The molecule has 1 aromatic carbocycles. The lowest BCUT2D eigenvalue weighted by Crippen LogP contribution is -2.67. The first-order valence-electron chi connectivity index (χ1n) is 13.5. The van der Waals surface area contributed by atoms with Crippen LogP contribution in [0.25, 0.3) is 10.6 Å². The summed E-state index contributed by atoms with van der Waals surface area (Å²) < 4.78 is 42.2. The number of thiophene rings is 1. The monoisotopic (exact) mass is 586 g/mol. The van der Waals surface area contributed by atoms with Gasteiger partial charge in [0, 0.05) is 67.0 Å². The van der Waals surface area contributed by atoms with E-state index in [1.54, 1.807) is 18.0 Å². The lowest BCUT2D eigenvalue weighted by molar-refractivity contribution is -0.137. The second-order valence-corrected chi connectivity index (χ2v) is 13.3. The number of nitrogens with one attached hydrogen (secondary N) is 1. The largest absolute Gasteiger partial charge is 0.420 e. The third-order valence-corrected chi connectivity index (χ3v) is 10.8. The summed E-state index contributed by atoms with van der Waals surface area (Å²) in [7, 11) is 3.90. The molecule has 8 rings (SSSR count). The van der Waals surface area contributed by atoms with Gasteiger partial charge in [0.2, 0.25) is 5.95 Å². The molecule has 3 aromatic rings. The molecule has 4 fully saturated rings. The van der Waals surface area contributed by atoms with Gasteiger partial charge >= 0.3 is 6.18 Å². The van der Waals surface area contributed by atoms with Gasteiger partial charge in [-0.25, -0.2) is 9.97 Å². The van der Waals surface area contributed by atoms with E-state index in [0.717, 1.165) is 54.7 Å². The molecule has 1 amide bonds. The van der Waals surface area contributed by atoms with Crippen LogP contribution in [0.4, 0.5) is 30.5 Å². The Morgan fingerprint density at radius 2 is 1.88 bits per heavy atom.